The first-order chi connectivity index (χ1) is 13.3. The van der Waals surface area contributed by atoms with Gasteiger partial charge in [0.15, 0.2) is 16.6 Å². The van der Waals surface area contributed by atoms with Gasteiger partial charge in [-0.1, -0.05) is 41.4 Å². The number of rotatable bonds is 7. The smallest absolute Gasteiger partial charge is 0.221 e. The molecule has 0 spiro atoms. The van der Waals surface area contributed by atoms with Crippen molar-refractivity contribution in [1.82, 2.24) is 5.32 Å². The molecule has 3 rings (SSSR count). The van der Waals surface area contributed by atoms with E-state index in [1.54, 1.807) is 30.3 Å². The van der Waals surface area contributed by atoms with Crippen LogP contribution in [0, 0.1) is 0 Å². The molecular weight excluding hydrogens is 425 g/mol. The molecule has 0 aliphatic carbocycles. The van der Waals surface area contributed by atoms with E-state index < -0.39 is 9.84 Å². The molecule has 1 amide bonds. The van der Waals surface area contributed by atoms with Gasteiger partial charge < -0.3 is 14.8 Å². The molecule has 0 bridgehead atoms. The molecule has 1 N–H and O–H groups in total. The molecule has 0 atom stereocenters. The van der Waals surface area contributed by atoms with Crippen LogP contribution < -0.4 is 10.1 Å². The Morgan fingerprint density at radius 2 is 1.93 bits per heavy atom. The number of halogens is 2. The quantitative estimate of drug-likeness (QED) is 0.707. The maximum Gasteiger partial charge on any atom is 0.221 e. The average molecular weight is 444 g/mol. The summed E-state index contributed by atoms with van der Waals surface area (Å²) in [5, 5.41) is 3.64. The second-order valence-corrected chi connectivity index (χ2v) is 9.40. The fourth-order valence-electron chi connectivity index (χ4n) is 2.85. The van der Waals surface area contributed by atoms with Gasteiger partial charge in [-0.2, -0.15) is 0 Å². The van der Waals surface area contributed by atoms with E-state index in [0.717, 1.165) is 5.56 Å². The molecule has 2 aromatic rings. The van der Waals surface area contributed by atoms with E-state index in [1.807, 2.05) is 6.07 Å². The molecule has 9 heteroatoms. The Balaban J connectivity index is 1.58. The summed E-state index contributed by atoms with van der Waals surface area (Å²) in [6.07, 6.45) is -0.139. The van der Waals surface area contributed by atoms with Crippen molar-refractivity contribution in [2.75, 3.05) is 12.5 Å². The first-order valence-corrected chi connectivity index (χ1v) is 11.1. The largest absolute Gasteiger partial charge is 0.467 e. The molecule has 1 heterocycles. The van der Waals surface area contributed by atoms with Gasteiger partial charge in [-0.05, 0) is 23.8 Å². The molecule has 2 aromatic carbocycles. The number of amides is 1. The molecule has 0 fully saturated rings. The predicted molar refractivity (Wildman–Crippen MR) is 107 cm³/mol. The predicted octanol–water partition coefficient (Wildman–Crippen LogP) is 3.48. The summed E-state index contributed by atoms with van der Waals surface area (Å²) in [6.45, 7) is 0.619. The summed E-state index contributed by atoms with van der Waals surface area (Å²) in [6, 6.07) is 10.4. The molecular formula is C19H19Cl2NO5S. The Kier molecular flexibility index (Phi) is 6.82. The minimum Gasteiger partial charge on any atom is -0.467 e. The Morgan fingerprint density at radius 1 is 1.14 bits per heavy atom. The summed E-state index contributed by atoms with van der Waals surface area (Å²) in [5.74, 6) is -0.406. The number of fused-ring (bicyclic) bond motifs is 1. The molecule has 28 heavy (non-hydrogen) atoms. The van der Waals surface area contributed by atoms with Crippen molar-refractivity contribution in [2.24, 2.45) is 0 Å². The third kappa shape index (κ3) is 5.61. The molecule has 0 saturated carbocycles. The fourth-order valence-corrected chi connectivity index (χ4v) is 4.64. The molecule has 1 aliphatic heterocycles. The summed E-state index contributed by atoms with van der Waals surface area (Å²) in [7, 11) is -3.54. The Morgan fingerprint density at radius 3 is 2.71 bits per heavy atom. The highest BCUT2D eigenvalue weighted by Crippen LogP contribution is 2.32. The zero-order valence-corrected chi connectivity index (χ0v) is 17.2. The minimum absolute atomic E-state index is 0.0616. The van der Waals surface area contributed by atoms with Gasteiger partial charge in [0.2, 0.25) is 5.91 Å². The highest BCUT2D eigenvalue weighted by atomic mass is 35.5. The number of ether oxygens (including phenoxy) is 2. The van der Waals surface area contributed by atoms with Gasteiger partial charge in [0.1, 0.15) is 5.75 Å². The SMILES string of the molecule is O=C(CCS(=O)(=O)Cc1cc(Cl)cc2c1OCOC2)NCc1ccccc1Cl. The topological polar surface area (TPSA) is 81.7 Å². The standard InChI is InChI=1S/C19H19Cl2NO5S/c20-16-7-14-10-26-12-27-19(14)15(8-16)11-28(24,25)6-5-18(23)22-9-13-3-1-2-4-17(13)21/h1-4,7-8H,5-6,9-12H2,(H,22,23). The van der Waals surface area contributed by atoms with E-state index in [1.165, 1.54) is 0 Å². The third-order valence-corrected chi connectivity index (χ3v) is 6.36. The van der Waals surface area contributed by atoms with E-state index in [9.17, 15) is 13.2 Å². The molecule has 0 saturated heterocycles. The van der Waals surface area contributed by atoms with Gasteiger partial charge in [-0.15, -0.1) is 0 Å². The molecule has 6 nitrogen and oxygen atoms in total. The minimum atomic E-state index is -3.54. The second kappa shape index (κ2) is 9.13. The van der Waals surface area contributed by atoms with E-state index in [0.29, 0.717) is 33.5 Å². The molecule has 1 aliphatic rings. The Hall–Kier alpha value is -1.80. The summed E-state index contributed by atoms with van der Waals surface area (Å²) in [4.78, 5) is 12.0. The van der Waals surface area contributed by atoms with Crippen LogP contribution in [0.1, 0.15) is 23.1 Å². The maximum atomic E-state index is 12.5. The second-order valence-electron chi connectivity index (χ2n) is 6.37. The number of hydrogen-bond acceptors (Lipinski definition) is 5. The van der Waals surface area contributed by atoms with Gasteiger partial charge in [0.05, 0.1) is 18.1 Å². The lowest BCUT2D eigenvalue weighted by Crippen LogP contribution is -2.25. The fraction of sp³-hybridized carbons (Fsp3) is 0.316. The highest BCUT2D eigenvalue weighted by molar-refractivity contribution is 7.90. The van der Waals surface area contributed by atoms with Crippen LogP contribution in [0.5, 0.6) is 5.75 Å². The molecule has 150 valence electrons. The van der Waals surface area contributed by atoms with Crippen LogP contribution in [-0.2, 0) is 38.3 Å². The van der Waals surface area contributed by atoms with E-state index in [-0.39, 0.29) is 37.2 Å². The summed E-state index contributed by atoms with van der Waals surface area (Å²) in [5.41, 5.74) is 1.95. The lowest BCUT2D eigenvalue weighted by Gasteiger charge is -2.21. The average Bonchev–Trinajstić information content (AvgIpc) is 2.65. The Labute approximate surface area is 173 Å². The summed E-state index contributed by atoms with van der Waals surface area (Å²) >= 11 is 12.1. The van der Waals surface area contributed by atoms with E-state index in [4.69, 9.17) is 32.7 Å². The van der Waals surface area contributed by atoms with Crippen molar-refractivity contribution in [3.05, 3.63) is 63.1 Å². The van der Waals surface area contributed by atoms with Crippen LogP contribution in [0.3, 0.4) is 0 Å². The zero-order chi connectivity index (χ0) is 20.1. The van der Waals surface area contributed by atoms with E-state index >= 15 is 0 Å². The van der Waals surface area contributed by atoms with Crippen LogP contribution in [0.4, 0.5) is 0 Å². The monoisotopic (exact) mass is 443 g/mol. The number of carbonyl (C=O) groups excluding carboxylic acids is 1. The van der Waals surface area contributed by atoms with Crippen LogP contribution in [0.25, 0.3) is 0 Å². The molecule has 0 unspecified atom stereocenters. The van der Waals surface area contributed by atoms with Gasteiger partial charge >= 0.3 is 0 Å². The third-order valence-electron chi connectivity index (χ3n) is 4.20. The van der Waals surface area contributed by atoms with Crippen molar-refractivity contribution in [3.63, 3.8) is 0 Å². The number of benzene rings is 2. The molecule has 0 aromatic heterocycles. The van der Waals surface area contributed by atoms with Crippen molar-refractivity contribution in [2.45, 2.75) is 25.3 Å². The van der Waals surface area contributed by atoms with Crippen molar-refractivity contribution < 1.29 is 22.7 Å². The van der Waals surface area contributed by atoms with Crippen LogP contribution in [0.15, 0.2) is 36.4 Å². The number of carbonyl (C=O) groups is 1. The van der Waals surface area contributed by atoms with Crippen molar-refractivity contribution in [3.8, 4) is 5.75 Å². The van der Waals surface area contributed by atoms with Gasteiger partial charge in [0.25, 0.3) is 0 Å². The number of hydrogen-bond donors (Lipinski definition) is 1. The maximum absolute atomic E-state index is 12.5. The molecule has 0 radical (unpaired) electrons. The summed E-state index contributed by atoms with van der Waals surface area (Å²) < 4.78 is 35.6. The van der Waals surface area contributed by atoms with Crippen molar-refractivity contribution in [1.29, 1.82) is 0 Å². The van der Waals surface area contributed by atoms with Gasteiger partial charge in [0, 0.05) is 34.1 Å². The van der Waals surface area contributed by atoms with Crippen LogP contribution >= 0.6 is 23.2 Å². The normalized spacial score (nSPS) is 13.5. The van der Waals surface area contributed by atoms with Gasteiger partial charge in [-0.25, -0.2) is 8.42 Å². The zero-order valence-electron chi connectivity index (χ0n) is 14.9. The highest BCUT2D eigenvalue weighted by Gasteiger charge is 2.22. The first-order valence-electron chi connectivity index (χ1n) is 8.56. The van der Waals surface area contributed by atoms with Gasteiger partial charge in [-0.3, -0.25) is 4.79 Å². The lowest BCUT2D eigenvalue weighted by molar-refractivity contribution is -0.120. The Bertz CT molecular complexity index is 978. The van der Waals surface area contributed by atoms with Crippen LogP contribution in [0.2, 0.25) is 10.0 Å². The lowest BCUT2D eigenvalue weighted by atomic mass is 10.1. The number of nitrogens with one attached hydrogen (secondary N) is 1. The number of sulfone groups is 1. The first kappa shape index (κ1) is 20.9. The van der Waals surface area contributed by atoms with E-state index in [2.05, 4.69) is 5.32 Å². The van der Waals surface area contributed by atoms with Crippen LogP contribution in [-0.4, -0.2) is 26.9 Å². The van der Waals surface area contributed by atoms with Crippen molar-refractivity contribution >= 4 is 38.9 Å².